The van der Waals surface area contributed by atoms with Crippen molar-refractivity contribution in [1.82, 2.24) is 0 Å². The van der Waals surface area contributed by atoms with Gasteiger partial charge >= 0.3 is 5.97 Å². The van der Waals surface area contributed by atoms with Crippen LogP contribution in [0.2, 0.25) is 0 Å². The van der Waals surface area contributed by atoms with E-state index in [1.54, 1.807) is 0 Å². The highest BCUT2D eigenvalue weighted by Crippen LogP contribution is 2.31. The Bertz CT molecular complexity index is 531. The first-order valence-corrected chi connectivity index (χ1v) is 8.83. The van der Waals surface area contributed by atoms with Crippen LogP contribution >= 0.6 is 0 Å². The van der Waals surface area contributed by atoms with E-state index in [1.165, 1.54) is 18.4 Å². The van der Waals surface area contributed by atoms with E-state index in [-0.39, 0.29) is 24.7 Å². The van der Waals surface area contributed by atoms with E-state index < -0.39 is 12.0 Å². The van der Waals surface area contributed by atoms with E-state index in [1.807, 2.05) is 25.1 Å². The first kappa shape index (κ1) is 17.4. The van der Waals surface area contributed by atoms with E-state index in [0.29, 0.717) is 12.5 Å². The molecule has 1 saturated carbocycles. The third-order valence-corrected chi connectivity index (χ3v) is 4.82. The summed E-state index contributed by atoms with van der Waals surface area (Å²) in [4.78, 5) is 12.0. The van der Waals surface area contributed by atoms with Gasteiger partial charge in [0.25, 0.3) is 0 Å². The summed E-state index contributed by atoms with van der Waals surface area (Å²) < 4.78 is 17.4. The van der Waals surface area contributed by atoms with Crippen molar-refractivity contribution in [2.45, 2.75) is 44.4 Å². The molecule has 1 aliphatic heterocycles. The smallest absolute Gasteiger partial charge is 0.325 e. The Morgan fingerprint density at radius 2 is 1.96 bits per heavy atom. The molecule has 0 radical (unpaired) electrons. The lowest BCUT2D eigenvalue weighted by Crippen LogP contribution is -2.40. The number of carbonyl (C=O) groups is 1. The predicted octanol–water partition coefficient (Wildman–Crippen LogP) is 1.93. The number of hydrogen-bond donors (Lipinski definition) is 1. The van der Waals surface area contributed by atoms with Gasteiger partial charge in [0.15, 0.2) is 0 Å². The standard InChI is InChI=1S/C19H27NO4/c1-13-16(9-14-5-3-2-4-6-14)18(23-10-15-7-8-15)12-22-11-17(20)19(21)24-13/h2-6,13,15-18H,7-12,20H2,1H3/t13-,16-,17-,18-/m0/s1. The average Bonchev–Trinajstić information content (AvgIpc) is 3.40. The van der Waals surface area contributed by atoms with Crippen molar-refractivity contribution in [3.05, 3.63) is 35.9 Å². The van der Waals surface area contributed by atoms with Crippen molar-refractivity contribution in [2.75, 3.05) is 19.8 Å². The minimum atomic E-state index is -0.730. The molecule has 1 aliphatic carbocycles. The number of esters is 1. The van der Waals surface area contributed by atoms with Gasteiger partial charge in [0.2, 0.25) is 0 Å². The largest absolute Gasteiger partial charge is 0.461 e. The predicted molar refractivity (Wildman–Crippen MR) is 90.4 cm³/mol. The van der Waals surface area contributed by atoms with Gasteiger partial charge in [-0.25, -0.2) is 0 Å². The van der Waals surface area contributed by atoms with Gasteiger partial charge in [0.05, 0.1) is 19.3 Å². The molecule has 24 heavy (non-hydrogen) atoms. The highest BCUT2D eigenvalue weighted by atomic mass is 16.6. The summed E-state index contributed by atoms with van der Waals surface area (Å²) in [5.41, 5.74) is 7.02. The van der Waals surface area contributed by atoms with Gasteiger partial charge in [0.1, 0.15) is 12.1 Å². The fourth-order valence-corrected chi connectivity index (χ4v) is 3.06. The third kappa shape index (κ3) is 4.79. The Morgan fingerprint density at radius 3 is 2.67 bits per heavy atom. The molecule has 0 aromatic heterocycles. The van der Waals surface area contributed by atoms with E-state index in [9.17, 15) is 4.79 Å². The summed E-state index contributed by atoms with van der Waals surface area (Å²) in [5.74, 6) is 0.318. The van der Waals surface area contributed by atoms with E-state index in [4.69, 9.17) is 19.9 Å². The molecule has 2 aliphatic rings. The molecule has 0 unspecified atom stereocenters. The molecule has 4 atom stereocenters. The van der Waals surface area contributed by atoms with Crippen molar-refractivity contribution < 1.29 is 19.0 Å². The number of rotatable bonds is 5. The van der Waals surface area contributed by atoms with Crippen LogP contribution in [-0.2, 0) is 25.4 Å². The quantitative estimate of drug-likeness (QED) is 0.834. The van der Waals surface area contributed by atoms with Crippen molar-refractivity contribution in [2.24, 2.45) is 17.6 Å². The molecular weight excluding hydrogens is 306 g/mol. The van der Waals surface area contributed by atoms with Gasteiger partial charge in [-0.3, -0.25) is 4.79 Å². The normalized spacial score (nSPS) is 31.7. The molecular formula is C19H27NO4. The van der Waals surface area contributed by atoms with Crippen molar-refractivity contribution in [3.63, 3.8) is 0 Å². The summed E-state index contributed by atoms with van der Waals surface area (Å²) in [6.45, 7) is 3.30. The SMILES string of the molecule is C[C@@H]1OC(=O)[C@@H](N)COC[C@H](OCC2CC2)[C@H]1Cc1ccccc1. The molecule has 0 amide bonds. The van der Waals surface area contributed by atoms with Crippen LogP contribution in [0.25, 0.3) is 0 Å². The van der Waals surface area contributed by atoms with E-state index in [0.717, 1.165) is 13.0 Å². The molecule has 132 valence electrons. The second kappa shape index (κ2) is 8.10. The zero-order chi connectivity index (χ0) is 16.9. The molecule has 0 spiro atoms. The topological polar surface area (TPSA) is 70.8 Å². The maximum Gasteiger partial charge on any atom is 0.325 e. The van der Waals surface area contributed by atoms with Gasteiger partial charge in [0, 0.05) is 12.5 Å². The summed E-state index contributed by atoms with van der Waals surface area (Å²) in [5, 5.41) is 0. The number of ether oxygens (including phenoxy) is 3. The lowest BCUT2D eigenvalue weighted by Gasteiger charge is -2.31. The van der Waals surface area contributed by atoms with Crippen LogP contribution in [0.3, 0.4) is 0 Å². The van der Waals surface area contributed by atoms with Gasteiger partial charge < -0.3 is 19.9 Å². The van der Waals surface area contributed by atoms with Crippen LogP contribution in [0.4, 0.5) is 0 Å². The fraction of sp³-hybridized carbons (Fsp3) is 0.632. The number of carbonyl (C=O) groups excluding carboxylic acids is 1. The minimum absolute atomic E-state index is 0.0420. The van der Waals surface area contributed by atoms with Crippen LogP contribution in [0.15, 0.2) is 30.3 Å². The molecule has 0 bridgehead atoms. The summed E-state index contributed by atoms with van der Waals surface area (Å²) in [7, 11) is 0. The summed E-state index contributed by atoms with van der Waals surface area (Å²) in [6, 6.07) is 9.49. The van der Waals surface area contributed by atoms with Crippen LogP contribution in [0.5, 0.6) is 0 Å². The van der Waals surface area contributed by atoms with E-state index in [2.05, 4.69) is 12.1 Å². The fourth-order valence-electron chi connectivity index (χ4n) is 3.06. The highest BCUT2D eigenvalue weighted by Gasteiger charge is 2.35. The maximum absolute atomic E-state index is 12.0. The number of benzene rings is 1. The monoisotopic (exact) mass is 333 g/mol. The average molecular weight is 333 g/mol. The Kier molecular flexibility index (Phi) is 5.87. The lowest BCUT2D eigenvalue weighted by atomic mass is 9.89. The Hall–Kier alpha value is -1.43. The van der Waals surface area contributed by atoms with Crippen LogP contribution in [0.1, 0.15) is 25.3 Å². The minimum Gasteiger partial charge on any atom is -0.461 e. The molecule has 5 nitrogen and oxygen atoms in total. The maximum atomic E-state index is 12.0. The van der Waals surface area contributed by atoms with Gasteiger partial charge in [-0.1, -0.05) is 30.3 Å². The Morgan fingerprint density at radius 1 is 1.21 bits per heavy atom. The Labute approximate surface area is 143 Å². The molecule has 1 saturated heterocycles. The van der Waals surface area contributed by atoms with Gasteiger partial charge in [-0.05, 0) is 37.7 Å². The molecule has 1 aromatic carbocycles. The Balaban J connectivity index is 1.75. The summed E-state index contributed by atoms with van der Waals surface area (Å²) >= 11 is 0. The highest BCUT2D eigenvalue weighted by molar-refractivity contribution is 5.75. The van der Waals surface area contributed by atoms with Crippen molar-refractivity contribution in [3.8, 4) is 0 Å². The molecule has 2 fully saturated rings. The number of hydrogen-bond acceptors (Lipinski definition) is 5. The van der Waals surface area contributed by atoms with Crippen LogP contribution in [-0.4, -0.2) is 44.0 Å². The molecule has 2 N–H and O–H groups in total. The second-order valence-electron chi connectivity index (χ2n) is 6.95. The van der Waals surface area contributed by atoms with Crippen molar-refractivity contribution in [1.29, 1.82) is 0 Å². The zero-order valence-corrected chi connectivity index (χ0v) is 14.2. The van der Waals surface area contributed by atoms with Crippen LogP contribution in [0, 0.1) is 11.8 Å². The van der Waals surface area contributed by atoms with Gasteiger partial charge in [-0.15, -0.1) is 0 Å². The third-order valence-electron chi connectivity index (χ3n) is 4.82. The molecule has 1 heterocycles. The first-order valence-electron chi connectivity index (χ1n) is 8.83. The van der Waals surface area contributed by atoms with Crippen LogP contribution < -0.4 is 5.73 Å². The lowest BCUT2D eigenvalue weighted by molar-refractivity contribution is -0.154. The van der Waals surface area contributed by atoms with E-state index >= 15 is 0 Å². The molecule has 1 aromatic rings. The first-order chi connectivity index (χ1) is 11.6. The number of nitrogens with two attached hydrogens (primary N) is 1. The van der Waals surface area contributed by atoms with Gasteiger partial charge in [-0.2, -0.15) is 0 Å². The molecule has 3 rings (SSSR count). The zero-order valence-electron chi connectivity index (χ0n) is 14.2. The molecule has 5 heteroatoms. The second-order valence-corrected chi connectivity index (χ2v) is 6.95. The van der Waals surface area contributed by atoms with Crippen molar-refractivity contribution >= 4 is 5.97 Å². The summed E-state index contributed by atoms with van der Waals surface area (Å²) in [6.07, 6.45) is 2.90. The number of cyclic esters (lactones) is 1.